The summed E-state index contributed by atoms with van der Waals surface area (Å²) in [5, 5.41) is 0. The third-order valence-corrected chi connectivity index (χ3v) is 4.05. The summed E-state index contributed by atoms with van der Waals surface area (Å²) in [5.74, 6) is 1.04. The van der Waals surface area contributed by atoms with Gasteiger partial charge < -0.3 is 4.74 Å². The molecule has 0 saturated carbocycles. The fourth-order valence-corrected chi connectivity index (χ4v) is 3.10. The highest BCUT2D eigenvalue weighted by Crippen LogP contribution is 2.37. The Balaban J connectivity index is 2.09. The SMILES string of the molecule is CC(=O)Oc1ccc([C@@H]2CC[C@@H](C(C)C)N2C)cc1. The van der Waals surface area contributed by atoms with Crippen LogP contribution in [0, 0.1) is 5.92 Å². The molecule has 0 spiro atoms. The lowest BCUT2D eigenvalue weighted by molar-refractivity contribution is -0.131. The molecule has 2 rings (SSSR count). The maximum absolute atomic E-state index is 10.9. The largest absolute Gasteiger partial charge is 0.427 e. The molecule has 1 aliphatic rings. The van der Waals surface area contributed by atoms with Crippen LogP contribution in [0.2, 0.25) is 0 Å². The molecular formula is C16H23NO2. The number of likely N-dealkylation sites (tertiary alicyclic amines) is 1. The summed E-state index contributed by atoms with van der Waals surface area (Å²) in [6.45, 7) is 5.99. The van der Waals surface area contributed by atoms with Gasteiger partial charge in [-0.3, -0.25) is 9.69 Å². The smallest absolute Gasteiger partial charge is 0.308 e. The van der Waals surface area contributed by atoms with Crippen LogP contribution in [0.3, 0.4) is 0 Å². The molecule has 19 heavy (non-hydrogen) atoms. The minimum absolute atomic E-state index is 0.273. The van der Waals surface area contributed by atoms with Gasteiger partial charge in [-0.15, -0.1) is 0 Å². The van der Waals surface area contributed by atoms with Crippen molar-refractivity contribution in [1.29, 1.82) is 0 Å². The van der Waals surface area contributed by atoms with Crippen LogP contribution in [-0.4, -0.2) is 24.0 Å². The molecule has 1 saturated heterocycles. The number of carbonyl (C=O) groups is 1. The maximum Gasteiger partial charge on any atom is 0.308 e. The van der Waals surface area contributed by atoms with Crippen LogP contribution in [0.5, 0.6) is 5.75 Å². The highest BCUT2D eigenvalue weighted by Gasteiger charge is 2.32. The number of nitrogens with zero attached hydrogens (tertiary/aromatic N) is 1. The Morgan fingerprint density at radius 2 is 1.89 bits per heavy atom. The molecule has 1 aromatic rings. The van der Waals surface area contributed by atoms with Gasteiger partial charge in [0, 0.05) is 19.0 Å². The first kappa shape index (κ1) is 14.1. The average molecular weight is 261 g/mol. The van der Waals surface area contributed by atoms with Crippen LogP contribution >= 0.6 is 0 Å². The normalized spacial score (nSPS) is 23.8. The van der Waals surface area contributed by atoms with Gasteiger partial charge in [0.1, 0.15) is 5.75 Å². The minimum atomic E-state index is -0.273. The number of ether oxygens (including phenoxy) is 1. The summed E-state index contributed by atoms with van der Waals surface area (Å²) in [7, 11) is 2.21. The quantitative estimate of drug-likeness (QED) is 0.617. The van der Waals surface area contributed by atoms with E-state index in [-0.39, 0.29) is 5.97 Å². The van der Waals surface area contributed by atoms with E-state index in [4.69, 9.17) is 4.74 Å². The summed E-state index contributed by atoms with van der Waals surface area (Å²) >= 11 is 0. The van der Waals surface area contributed by atoms with E-state index in [9.17, 15) is 4.79 Å². The van der Waals surface area contributed by atoms with Crippen molar-refractivity contribution in [2.75, 3.05) is 7.05 Å². The van der Waals surface area contributed by atoms with E-state index in [1.165, 1.54) is 25.3 Å². The molecule has 0 radical (unpaired) electrons. The van der Waals surface area contributed by atoms with Gasteiger partial charge in [-0.1, -0.05) is 26.0 Å². The Hall–Kier alpha value is -1.35. The van der Waals surface area contributed by atoms with E-state index in [1.54, 1.807) is 0 Å². The van der Waals surface area contributed by atoms with Crippen molar-refractivity contribution < 1.29 is 9.53 Å². The minimum Gasteiger partial charge on any atom is -0.427 e. The number of benzene rings is 1. The number of hydrogen-bond donors (Lipinski definition) is 0. The van der Waals surface area contributed by atoms with Crippen molar-refractivity contribution in [3.8, 4) is 5.75 Å². The molecule has 0 amide bonds. The molecule has 1 fully saturated rings. The second kappa shape index (κ2) is 5.74. The van der Waals surface area contributed by atoms with Gasteiger partial charge in [-0.25, -0.2) is 0 Å². The van der Waals surface area contributed by atoms with E-state index < -0.39 is 0 Å². The highest BCUT2D eigenvalue weighted by atomic mass is 16.5. The zero-order chi connectivity index (χ0) is 14.0. The van der Waals surface area contributed by atoms with Gasteiger partial charge in [0.15, 0.2) is 0 Å². The van der Waals surface area contributed by atoms with Gasteiger partial charge in [0.2, 0.25) is 0 Å². The molecule has 1 aromatic carbocycles. The lowest BCUT2D eigenvalue weighted by Gasteiger charge is -2.28. The Morgan fingerprint density at radius 3 is 2.37 bits per heavy atom. The molecule has 3 heteroatoms. The van der Waals surface area contributed by atoms with Crippen molar-refractivity contribution in [2.24, 2.45) is 5.92 Å². The van der Waals surface area contributed by atoms with Crippen LogP contribution in [0.15, 0.2) is 24.3 Å². The van der Waals surface area contributed by atoms with Gasteiger partial charge >= 0.3 is 5.97 Å². The number of esters is 1. The summed E-state index contributed by atoms with van der Waals surface area (Å²) in [6, 6.07) is 9.06. The summed E-state index contributed by atoms with van der Waals surface area (Å²) in [6.07, 6.45) is 2.46. The van der Waals surface area contributed by atoms with Gasteiger partial charge in [0.25, 0.3) is 0 Å². The first-order valence-corrected chi connectivity index (χ1v) is 6.99. The molecule has 0 unspecified atom stereocenters. The molecule has 104 valence electrons. The third-order valence-electron chi connectivity index (χ3n) is 4.05. The Morgan fingerprint density at radius 1 is 1.26 bits per heavy atom. The monoisotopic (exact) mass is 261 g/mol. The van der Waals surface area contributed by atoms with Crippen LogP contribution in [0.25, 0.3) is 0 Å². The molecule has 0 bridgehead atoms. The molecule has 0 N–H and O–H groups in total. The second-order valence-corrected chi connectivity index (χ2v) is 5.73. The Kier molecular flexibility index (Phi) is 4.25. The van der Waals surface area contributed by atoms with Gasteiger partial charge in [-0.2, -0.15) is 0 Å². The fraction of sp³-hybridized carbons (Fsp3) is 0.562. The van der Waals surface area contributed by atoms with E-state index in [0.717, 1.165) is 0 Å². The standard InChI is InChI=1S/C16H23NO2/c1-11(2)15-9-10-16(17(15)4)13-5-7-14(8-6-13)19-12(3)18/h5-8,11,15-16H,9-10H2,1-4H3/t15-,16-/m0/s1. The zero-order valence-corrected chi connectivity index (χ0v) is 12.2. The number of hydrogen-bond acceptors (Lipinski definition) is 3. The summed E-state index contributed by atoms with van der Waals surface area (Å²) in [4.78, 5) is 13.4. The first-order valence-electron chi connectivity index (χ1n) is 6.99. The first-order chi connectivity index (χ1) is 8.99. The van der Waals surface area contributed by atoms with E-state index in [1.807, 2.05) is 12.1 Å². The molecule has 0 aliphatic carbocycles. The van der Waals surface area contributed by atoms with Gasteiger partial charge in [-0.05, 0) is 43.5 Å². The van der Waals surface area contributed by atoms with E-state index in [0.29, 0.717) is 23.8 Å². The number of rotatable bonds is 3. The second-order valence-electron chi connectivity index (χ2n) is 5.73. The molecule has 3 nitrogen and oxygen atoms in total. The third kappa shape index (κ3) is 3.16. The predicted octanol–water partition coefficient (Wildman–Crippen LogP) is 3.40. The topological polar surface area (TPSA) is 29.5 Å². The predicted molar refractivity (Wildman–Crippen MR) is 76.1 cm³/mol. The average Bonchev–Trinajstić information content (AvgIpc) is 2.71. The maximum atomic E-state index is 10.9. The molecule has 2 atom stereocenters. The fourth-order valence-electron chi connectivity index (χ4n) is 3.10. The van der Waals surface area contributed by atoms with Crippen LogP contribution in [0.4, 0.5) is 0 Å². The lowest BCUT2D eigenvalue weighted by atomic mass is 10.0. The molecule has 1 aliphatic heterocycles. The summed E-state index contributed by atoms with van der Waals surface area (Å²) < 4.78 is 5.07. The molecule has 0 aromatic heterocycles. The Labute approximate surface area is 115 Å². The van der Waals surface area contributed by atoms with Crippen molar-refractivity contribution >= 4 is 5.97 Å². The zero-order valence-electron chi connectivity index (χ0n) is 12.2. The van der Waals surface area contributed by atoms with Gasteiger partial charge in [0.05, 0.1) is 0 Å². The van der Waals surface area contributed by atoms with Crippen molar-refractivity contribution in [3.05, 3.63) is 29.8 Å². The van der Waals surface area contributed by atoms with Crippen LogP contribution < -0.4 is 4.74 Å². The Bertz CT molecular complexity index is 439. The molecular weight excluding hydrogens is 238 g/mol. The van der Waals surface area contributed by atoms with Crippen molar-refractivity contribution in [1.82, 2.24) is 4.90 Å². The summed E-state index contributed by atoms with van der Waals surface area (Å²) in [5.41, 5.74) is 1.31. The van der Waals surface area contributed by atoms with E-state index in [2.05, 4.69) is 37.9 Å². The lowest BCUT2D eigenvalue weighted by Crippen LogP contribution is -2.31. The van der Waals surface area contributed by atoms with Crippen molar-refractivity contribution in [3.63, 3.8) is 0 Å². The molecule has 1 heterocycles. The van der Waals surface area contributed by atoms with Crippen molar-refractivity contribution in [2.45, 2.75) is 45.7 Å². The van der Waals surface area contributed by atoms with Crippen LogP contribution in [-0.2, 0) is 4.79 Å². The van der Waals surface area contributed by atoms with Crippen LogP contribution in [0.1, 0.15) is 45.2 Å². The van der Waals surface area contributed by atoms with E-state index >= 15 is 0 Å². The highest BCUT2D eigenvalue weighted by molar-refractivity contribution is 5.69. The number of carbonyl (C=O) groups excluding carboxylic acids is 1.